The van der Waals surface area contributed by atoms with Gasteiger partial charge in [0, 0.05) is 18.1 Å². The van der Waals surface area contributed by atoms with E-state index in [-0.39, 0.29) is 5.91 Å². The van der Waals surface area contributed by atoms with Crippen LogP contribution in [-0.2, 0) is 4.79 Å². The second-order valence-electron chi connectivity index (χ2n) is 5.84. The van der Waals surface area contributed by atoms with E-state index in [0.717, 1.165) is 30.2 Å². The molecule has 1 aliphatic carbocycles. The van der Waals surface area contributed by atoms with Crippen molar-refractivity contribution < 1.29 is 14.6 Å². The molecule has 0 bridgehead atoms. The fourth-order valence-corrected chi connectivity index (χ4v) is 3.05. The molecule has 0 aliphatic heterocycles. The summed E-state index contributed by atoms with van der Waals surface area (Å²) in [6.07, 6.45) is 3.03. The van der Waals surface area contributed by atoms with Crippen LogP contribution in [0.25, 0.3) is 0 Å². The maximum Gasteiger partial charge on any atom is 0.263 e. The standard InChI is InChI=1S/C16H22BrNO3/c1-12(21-14-7-5-13(17)6-8-14)15(19)18(2)11-16(20)9-3-4-10-16/h5-8,12,20H,3-4,9-11H2,1-2H3. The molecule has 0 saturated heterocycles. The van der Waals surface area contributed by atoms with Crippen molar-refractivity contribution in [2.75, 3.05) is 13.6 Å². The molecule has 2 rings (SSSR count). The molecule has 1 N–H and O–H groups in total. The van der Waals surface area contributed by atoms with Gasteiger partial charge in [-0.05, 0) is 44.0 Å². The molecule has 1 aliphatic rings. The molecule has 1 amide bonds. The number of nitrogens with zero attached hydrogens (tertiary/aromatic N) is 1. The van der Waals surface area contributed by atoms with Crippen LogP contribution in [0.3, 0.4) is 0 Å². The Morgan fingerprint density at radius 3 is 2.52 bits per heavy atom. The van der Waals surface area contributed by atoms with Gasteiger partial charge in [-0.25, -0.2) is 0 Å². The van der Waals surface area contributed by atoms with Crippen molar-refractivity contribution in [2.45, 2.75) is 44.3 Å². The molecule has 21 heavy (non-hydrogen) atoms. The topological polar surface area (TPSA) is 49.8 Å². The smallest absolute Gasteiger partial charge is 0.263 e. The minimum atomic E-state index is -0.720. The van der Waals surface area contributed by atoms with Crippen molar-refractivity contribution in [3.05, 3.63) is 28.7 Å². The third-order valence-corrected chi connectivity index (χ3v) is 4.44. The molecule has 0 aromatic heterocycles. The highest BCUT2D eigenvalue weighted by Gasteiger charge is 2.34. The van der Waals surface area contributed by atoms with Gasteiger partial charge in [-0.3, -0.25) is 4.79 Å². The van der Waals surface area contributed by atoms with E-state index >= 15 is 0 Å². The quantitative estimate of drug-likeness (QED) is 0.883. The van der Waals surface area contributed by atoms with Gasteiger partial charge in [-0.1, -0.05) is 28.8 Å². The fourth-order valence-electron chi connectivity index (χ4n) is 2.79. The number of rotatable bonds is 5. The third-order valence-electron chi connectivity index (χ3n) is 3.92. The van der Waals surface area contributed by atoms with Crippen LogP contribution in [-0.4, -0.2) is 41.2 Å². The van der Waals surface area contributed by atoms with Gasteiger partial charge in [0.15, 0.2) is 6.10 Å². The molecule has 1 atom stereocenters. The van der Waals surface area contributed by atoms with E-state index in [1.165, 1.54) is 0 Å². The van der Waals surface area contributed by atoms with E-state index in [1.54, 1.807) is 18.9 Å². The van der Waals surface area contributed by atoms with E-state index in [2.05, 4.69) is 15.9 Å². The molecule has 1 aromatic rings. The molecule has 0 heterocycles. The third kappa shape index (κ3) is 4.45. The Labute approximate surface area is 134 Å². The Morgan fingerprint density at radius 1 is 1.38 bits per heavy atom. The van der Waals surface area contributed by atoms with Gasteiger partial charge in [-0.2, -0.15) is 0 Å². The molecule has 4 nitrogen and oxygen atoms in total. The highest BCUT2D eigenvalue weighted by molar-refractivity contribution is 9.10. The lowest BCUT2D eigenvalue weighted by Gasteiger charge is -2.30. The summed E-state index contributed by atoms with van der Waals surface area (Å²) in [6, 6.07) is 7.38. The van der Waals surface area contributed by atoms with Crippen molar-refractivity contribution in [3.8, 4) is 5.75 Å². The number of benzene rings is 1. The summed E-state index contributed by atoms with van der Waals surface area (Å²) in [7, 11) is 1.72. The zero-order valence-corrected chi connectivity index (χ0v) is 14.1. The van der Waals surface area contributed by atoms with Crippen LogP contribution in [0.1, 0.15) is 32.6 Å². The lowest BCUT2D eigenvalue weighted by Crippen LogP contribution is -2.46. The molecule has 5 heteroatoms. The van der Waals surface area contributed by atoms with Crippen LogP contribution in [0.5, 0.6) is 5.75 Å². The van der Waals surface area contributed by atoms with Crippen LogP contribution >= 0.6 is 15.9 Å². The predicted molar refractivity (Wildman–Crippen MR) is 85.3 cm³/mol. The first kappa shape index (κ1) is 16.3. The minimum Gasteiger partial charge on any atom is -0.481 e. The van der Waals surface area contributed by atoms with Crippen molar-refractivity contribution in [1.29, 1.82) is 0 Å². The lowest BCUT2D eigenvalue weighted by molar-refractivity contribution is -0.139. The minimum absolute atomic E-state index is 0.113. The highest BCUT2D eigenvalue weighted by atomic mass is 79.9. The van der Waals surface area contributed by atoms with Gasteiger partial charge in [0.25, 0.3) is 5.91 Å². The normalized spacial score (nSPS) is 18.3. The number of likely N-dealkylation sites (N-methyl/N-ethyl adjacent to an activating group) is 1. The van der Waals surface area contributed by atoms with E-state index in [1.807, 2.05) is 24.3 Å². The van der Waals surface area contributed by atoms with E-state index in [4.69, 9.17) is 4.74 Å². The monoisotopic (exact) mass is 355 g/mol. The summed E-state index contributed by atoms with van der Waals surface area (Å²) in [5, 5.41) is 10.4. The Bertz CT molecular complexity index is 483. The van der Waals surface area contributed by atoms with Gasteiger partial charge in [0.05, 0.1) is 5.60 Å². The number of ether oxygens (including phenoxy) is 1. The summed E-state index contributed by atoms with van der Waals surface area (Å²) in [5.41, 5.74) is -0.720. The largest absolute Gasteiger partial charge is 0.481 e. The molecule has 1 unspecified atom stereocenters. The van der Waals surface area contributed by atoms with Crippen molar-refractivity contribution >= 4 is 21.8 Å². The molecular weight excluding hydrogens is 334 g/mol. The fraction of sp³-hybridized carbons (Fsp3) is 0.562. The summed E-state index contributed by atoms with van der Waals surface area (Å²) < 4.78 is 6.62. The SMILES string of the molecule is CC(Oc1ccc(Br)cc1)C(=O)N(C)CC1(O)CCCC1. The number of aliphatic hydroxyl groups is 1. The average molecular weight is 356 g/mol. The Hall–Kier alpha value is -1.07. The summed E-state index contributed by atoms with van der Waals surface area (Å²) in [5.74, 6) is 0.547. The van der Waals surface area contributed by atoms with Gasteiger partial charge in [-0.15, -0.1) is 0 Å². The second kappa shape index (κ2) is 6.79. The molecule has 0 radical (unpaired) electrons. The maximum atomic E-state index is 12.3. The highest BCUT2D eigenvalue weighted by Crippen LogP contribution is 2.30. The first-order valence-electron chi connectivity index (χ1n) is 7.29. The molecule has 116 valence electrons. The van der Waals surface area contributed by atoms with Gasteiger partial charge < -0.3 is 14.7 Å². The number of hydrogen-bond donors (Lipinski definition) is 1. The van der Waals surface area contributed by atoms with Crippen LogP contribution in [0.4, 0.5) is 0 Å². The number of amides is 1. The van der Waals surface area contributed by atoms with Crippen LogP contribution < -0.4 is 4.74 Å². The molecular formula is C16H22BrNO3. The van der Waals surface area contributed by atoms with Crippen molar-refractivity contribution in [3.63, 3.8) is 0 Å². The number of halogens is 1. The number of carbonyl (C=O) groups excluding carboxylic acids is 1. The van der Waals surface area contributed by atoms with E-state index in [9.17, 15) is 9.90 Å². The van der Waals surface area contributed by atoms with Crippen LogP contribution in [0.15, 0.2) is 28.7 Å². The van der Waals surface area contributed by atoms with Crippen LogP contribution in [0.2, 0.25) is 0 Å². The zero-order valence-electron chi connectivity index (χ0n) is 12.5. The predicted octanol–water partition coefficient (Wildman–Crippen LogP) is 2.98. The van der Waals surface area contributed by atoms with E-state index < -0.39 is 11.7 Å². The Balaban J connectivity index is 1.90. The van der Waals surface area contributed by atoms with Gasteiger partial charge in [0.1, 0.15) is 5.75 Å². The van der Waals surface area contributed by atoms with Crippen LogP contribution in [0, 0.1) is 0 Å². The summed E-state index contributed by atoms with van der Waals surface area (Å²) in [6.45, 7) is 2.11. The first-order valence-corrected chi connectivity index (χ1v) is 8.08. The van der Waals surface area contributed by atoms with Crippen molar-refractivity contribution in [1.82, 2.24) is 4.90 Å². The van der Waals surface area contributed by atoms with Crippen molar-refractivity contribution in [2.24, 2.45) is 0 Å². The number of carbonyl (C=O) groups is 1. The second-order valence-corrected chi connectivity index (χ2v) is 6.76. The average Bonchev–Trinajstić information content (AvgIpc) is 2.86. The maximum absolute atomic E-state index is 12.3. The zero-order chi connectivity index (χ0) is 15.5. The lowest BCUT2D eigenvalue weighted by atomic mass is 10.0. The summed E-state index contributed by atoms with van der Waals surface area (Å²) in [4.78, 5) is 13.9. The Morgan fingerprint density at radius 2 is 1.95 bits per heavy atom. The first-order chi connectivity index (χ1) is 9.89. The molecule has 1 saturated carbocycles. The molecule has 1 aromatic carbocycles. The molecule has 1 fully saturated rings. The number of hydrogen-bond acceptors (Lipinski definition) is 3. The Kier molecular flexibility index (Phi) is 5.27. The van der Waals surface area contributed by atoms with Gasteiger partial charge in [0.2, 0.25) is 0 Å². The van der Waals surface area contributed by atoms with E-state index in [0.29, 0.717) is 12.3 Å². The summed E-state index contributed by atoms with van der Waals surface area (Å²) >= 11 is 3.36. The molecule has 0 spiro atoms. The van der Waals surface area contributed by atoms with Gasteiger partial charge >= 0.3 is 0 Å².